The van der Waals surface area contributed by atoms with Crippen LogP contribution in [0.2, 0.25) is 0 Å². The number of hydrogen-bond donors (Lipinski definition) is 1. The van der Waals surface area contributed by atoms with E-state index in [-0.39, 0.29) is 5.60 Å². The van der Waals surface area contributed by atoms with Gasteiger partial charge < -0.3 is 10.5 Å². The number of ether oxygens (including phenoxy) is 1. The van der Waals surface area contributed by atoms with E-state index in [1.807, 2.05) is 6.07 Å². The van der Waals surface area contributed by atoms with Crippen molar-refractivity contribution in [2.75, 3.05) is 6.54 Å². The molecule has 0 bridgehead atoms. The maximum absolute atomic E-state index is 6.11. The van der Waals surface area contributed by atoms with Crippen LogP contribution in [0.5, 0.6) is 5.75 Å². The highest BCUT2D eigenvalue weighted by molar-refractivity contribution is 5.29. The summed E-state index contributed by atoms with van der Waals surface area (Å²) in [5, 5.41) is 0. The fourth-order valence-corrected chi connectivity index (χ4v) is 2.44. The van der Waals surface area contributed by atoms with Crippen LogP contribution in [0.15, 0.2) is 24.3 Å². The summed E-state index contributed by atoms with van der Waals surface area (Å²) in [5.74, 6) is 0.996. The Morgan fingerprint density at radius 1 is 1.31 bits per heavy atom. The summed E-state index contributed by atoms with van der Waals surface area (Å²) in [7, 11) is 0. The van der Waals surface area contributed by atoms with Crippen LogP contribution in [-0.2, 0) is 6.42 Å². The van der Waals surface area contributed by atoms with E-state index in [2.05, 4.69) is 25.1 Å². The monoisotopic (exact) mass is 219 g/mol. The predicted octanol–water partition coefficient (Wildman–Crippen LogP) is 2.90. The van der Waals surface area contributed by atoms with Gasteiger partial charge in [0.15, 0.2) is 0 Å². The van der Waals surface area contributed by atoms with Crippen molar-refractivity contribution in [1.82, 2.24) is 0 Å². The van der Waals surface area contributed by atoms with Gasteiger partial charge in [0.2, 0.25) is 0 Å². The number of nitrogens with two attached hydrogens (primary N) is 1. The van der Waals surface area contributed by atoms with Crippen LogP contribution < -0.4 is 10.5 Å². The van der Waals surface area contributed by atoms with Gasteiger partial charge in [0.25, 0.3) is 0 Å². The summed E-state index contributed by atoms with van der Waals surface area (Å²) in [4.78, 5) is 0. The third-order valence-corrected chi connectivity index (χ3v) is 3.36. The molecule has 0 amide bonds. The van der Waals surface area contributed by atoms with E-state index in [1.165, 1.54) is 31.2 Å². The molecule has 0 aliphatic heterocycles. The minimum atomic E-state index is 0.0569. The minimum Gasteiger partial charge on any atom is -0.488 e. The fourth-order valence-electron chi connectivity index (χ4n) is 2.44. The third kappa shape index (κ3) is 2.76. The maximum atomic E-state index is 6.11. The largest absolute Gasteiger partial charge is 0.488 e. The minimum absolute atomic E-state index is 0.0569. The molecule has 0 unspecified atom stereocenters. The molecule has 1 fully saturated rings. The molecule has 1 aromatic rings. The Hall–Kier alpha value is -1.02. The van der Waals surface area contributed by atoms with Crippen molar-refractivity contribution in [2.45, 2.75) is 44.6 Å². The zero-order valence-corrected chi connectivity index (χ0v) is 10.0. The quantitative estimate of drug-likeness (QED) is 0.845. The van der Waals surface area contributed by atoms with Gasteiger partial charge >= 0.3 is 0 Å². The number of benzene rings is 1. The van der Waals surface area contributed by atoms with E-state index < -0.39 is 0 Å². The van der Waals surface area contributed by atoms with E-state index >= 15 is 0 Å². The average molecular weight is 219 g/mol. The second-order valence-corrected chi connectivity index (χ2v) is 4.95. The van der Waals surface area contributed by atoms with Gasteiger partial charge in [0.05, 0.1) is 0 Å². The van der Waals surface area contributed by atoms with Crippen LogP contribution in [0.1, 0.15) is 38.2 Å². The van der Waals surface area contributed by atoms with Crippen LogP contribution in [0, 0.1) is 0 Å². The molecule has 16 heavy (non-hydrogen) atoms. The highest BCUT2D eigenvalue weighted by atomic mass is 16.5. The Morgan fingerprint density at radius 3 is 2.75 bits per heavy atom. The van der Waals surface area contributed by atoms with Crippen LogP contribution in [0.25, 0.3) is 0 Å². The second-order valence-electron chi connectivity index (χ2n) is 4.95. The first-order valence-corrected chi connectivity index (χ1v) is 6.20. The SMILES string of the molecule is CC1(Oc2cccc(CCN)c2)CCCC1. The van der Waals surface area contributed by atoms with Gasteiger partial charge in [0, 0.05) is 0 Å². The second kappa shape index (κ2) is 4.88. The van der Waals surface area contributed by atoms with E-state index in [1.54, 1.807) is 0 Å². The summed E-state index contributed by atoms with van der Waals surface area (Å²) >= 11 is 0. The first kappa shape index (κ1) is 11.5. The molecular formula is C14H21NO. The Kier molecular flexibility index (Phi) is 3.49. The van der Waals surface area contributed by atoms with Crippen molar-refractivity contribution in [3.8, 4) is 5.75 Å². The van der Waals surface area contributed by atoms with Gasteiger partial charge in [-0.05, 0) is 63.3 Å². The first-order valence-electron chi connectivity index (χ1n) is 6.20. The molecule has 0 spiro atoms. The molecule has 0 radical (unpaired) electrons. The van der Waals surface area contributed by atoms with Crippen molar-refractivity contribution in [3.63, 3.8) is 0 Å². The lowest BCUT2D eigenvalue weighted by Crippen LogP contribution is -2.28. The highest BCUT2D eigenvalue weighted by Crippen LogP contribution is 2.34. The fraction of sp³-hybridized carbons (Fsp3) is 0.571. The van der Waals surface area contributed by atoms with Gasteiger partial charge in [-0.2, -0.15) is 0 Å². The molecule has 88 valence electrons. The van der Waals surface area contributed by atoms with E-state index in [0.29, 0.717) is 6.54 Å². The van der Waals surface area contributed by atoms with Gasteiger partial charge in [0.1, 0.15) is 11.4 Å². The lowest BCUT2D eigenvalue weighted by Gasteiger charge is -2.25. The zero-order valence-electron chi connectivity index (χ0n) is 10.0. The zero-order chi connectivity index (χ0) is 11.4. The summed E-state index contributed by atoms with van der Waals surface area (Å²) in [6, 6.07) is 8.33. The molecule has 0 aromatic heterocycles. The first-order chi connectivity index (χ1) is 7.72. The summed E-state index contributed by atoms with van der Waals surface area (Å²) in [6.45, 7) is 2.91. The topological polar surface area (TPSA) is 35.2 Å². The van der Waals surface area contributed by atoms with Crippen LogP contribution in [0.3, 0.4) is 0 Å². The average Bonchev–Trinajstić information content (AvgIpc) is 2.66. The normalized spacial score (nSPS) is 18.6. The molecule has 1 aromatic carbocycles. The standard InChI is InChI=1S/C14H21NO/c1-14(8-2-3-9-14)16-13-6-4-5-12(11-13)7-10-15/h4-6,11H,2-3,7-10,15H2,1H3. The van der Waals surface area contributed by atoms with Crippen molar-refractivity contribution in [2.24, 2.45) is 5.73 Å². The molecule has 2 rings (SSSR count). The lowest BCUT2D eigenvalue weighted by atomic mass is 10.1. The van der Waals surface area contributed by atoms with E-state index in [4.69, 9.17) is 10.5 Å². The number of rotatable bonds is 4. The molecule has 0 atom stereocenters. The summed E-state index contributed by atoms with van der Waals surface area (Å²) in [6.07, 6.45) is 5.86. The molecule has 0 saturated heterocycles. The third-order valence-electron chi connectivity index (χ3n) is 3.36. The molecule has 2 nitrogen and oxygen atoms in total. The van der Waals surface area contributed by atoms with Crippen molar-refractivity contribution >= 4 is 0 Å². The van der Waals surface area contributed by atoms with Gasteiger partial charge in [-0.3, -0.25) is 0 Å². The maximum Gasteiger partial charge on any atom is 0.120 e. The Bertz CT molecular complexity index is 342. The summed E-state index contributed by atoms with van der Waals surface area (Å²) in [5.41, 5.74) is 6.88. The molecule has 2 heteroatoms. The molecular weight excluding hydrogens is 198 g/mol. The van der Waals surface area contributed by atoms with Crippen LogP contribution >= 0.6 is 0 Å². The van der Waals surface area contributed by atoms with Crippen LogP contribution in [0.4, 0.5) is 0 Å². The van der Waals surface area contributed by atoms with E-state index in [0.717, 1.165) is 12.2 Å². The summed E-state index contributed by atoms with van der Waals surface area (Å²) < 4.78 is 6.11. The number of hydrogen-bond acceptors (Lipinski definition) is 2. The molecule has 1 aliphatic carbocycles. The van der Waals surface area contributed by atoms with Crippen LogP contribution in [-0.4, -0.2) is 12.1 Å². The molecule has 2 N–H and O–H groups in total. The Morgan fingerprint density at radius 2 is 2.06 bits per heavy atom. The van der Waals surface area contributed by atoms with Crippen molar-refractivity contribution in [3.05, 3.63) is 29.8 Å². The lowest BCUT2D eigenvalue weighted by molar-refractivity contribution is 0.0967. The van der Waals surface area contributed by atoms with E-state index in [9.17, 15) is 0 Å². The van der Waals surface area contributed by atoms with Gasteiger partial charge in [-0.25, -0.2) is 0 Å². The molecule has 1 aliphatic rings. The smallest absolute Gasteiger partial charge is 0.120 e. The Balaban J connectivity index is 2.05. The molecule has 1 saturated carbocycles. The van der Waals surface area contributed by atoms with Gasteiger partial charge in [-0.1, -0.05) is 12.1 Å². The highest BCUT2D eigenvalue weighted by Gasteiger charge is 2.30. The van der Waals surface area contributed by atoms with Gasteiger partial charge in [-0.15, -0.1) is 0 Å². The Labute approximate surface area is 97.8 Å². The molecule has 0 heterocycles. The predicted molar refractivity (Wildman–Crippen MR) is 66.7 cm³/mol. The van der Waals surface area contributed by atoms with Crippen molar-refractivity contribution in [1.29, 1.82) is 0 Å². The van der Waals surface area contributed by atoms with Crippen molar-refractivity contribution < 1.29 is 4.74 Å².